The summed E-state index contributed by atoms with van der Waals surface area (Å²) in [5, 5.41) is 3.71. The zero-order valence-corrected chi connectivity index (χ0v) is 19.2. The molecule has 3 aromatic rings. The number of halogens is 3. The molecule has 160 valence electrons. The van der Waals surface area contributed by atoms with E-state index < -0.39 is 5.82 Å². The summed E-state index contributed by atoms with van der Waals surface area (Å²) in [6.07, 6.45) is 7.56. The maximum Gasteiger partial charge on any atom is 0.228 e. The molecular weight excluding hydrogens is 509 g/mol. The van der Waals surface area contributed by atoms with E-state index in [1.165, 1.54) is 12.1 Å². The smallest absolute Gasteiger partial charge is 0.228 e. The average molecular weight is 532 g/mol. The summed E-state index contributed by atoms with van der Waals surface area (Å²) in [4.78, 5) is 17.3. The van der Waals surface area contributed by atoms with Gasteiger partial charge in [-0.05, 0) is 120 Å². The van der Waals surface area contributed by atoms with Gasteiger partial charge in [0.15, 0.2) is 0 Å². The third-order valence-corrected chi connectivity index (χ3v) is 8.01. The number of pyridine rings is 1. The molecule has 1 amide bonds. The van der Waals surface area contributed by atoms with Gasteiger partial charge in [-0.3, -0.25) is 9.78 Å². The van der Waals surface area contributed by atoms with Crippen molar-refractivity contribution in [3.8, 4) is 0 Å². The molecule has 0 unspecified atom stereocenters. The molecule has 1 spiro atoms. The van der Waals surface area contributed by atoms with Gasteiger partial charge >= 0.3 is 0 Å². The molecule has 31 heavy (non-hydrogen) atoms. The fourth-order valence-electron chi connectivity index (χ4n) is 5.51. The number of benzene rings is 2. The summed E-state index contributed by atoms with van der Waals surface area (Å²) in [6, 6.07) is 11.6. The van der Waals surface area contributed by atoms with Crippen LogP contribution in [0.15, 0.2) is 48.7 Å². The first kappa shape index (κ1) is 20.8. The van der Waals surface area contributed by atoms with Crippen molar-refractivity contribution in [2.45, 2.75) is 44.4 Å². The number of rotatable bonds is 3. The van der Waals surface area contributed by atoms with Gasteiger partial charge in [0.05, 0.1) is 11.2 Å². The molecule has 0 saturated heterocycles. The Morgan fingerprint density at radius 1 is 1.03 bits per heavy atom. The predicted molar refractivity (Wildman–Crippen MR) is 126 cm³/mol. The van der Waals surface area contributed by atoms with Crippen molar-refractivity contribution in [3.63, 3.8) is 0 Å². The lowest BCUT2D eigenvalue weighted by Crippen LogP contribution is -2.48. The summed E-state index contributed by atoms with van der Waals surface area (Å²) in [5.41, 5.74) is 2.24. The van der Waals surface area contributed by atoms with E-state index in [1.54, 1.807) is 30.5 Å². The highest BCUT2D eigenvalue weighted by atomic mass is 127. The highest BCUT2D eigenvalue weighted by Crippen LogP contribution is 2.58. The van der Waals surface area contributed by atoms with E-state index in [0.717, 1.165) is 58.6 Å². The molecule has 0 radical (unpaired) electrons. The minimum Gasteiger partial charge on any atom is -0.323 e. The number of carbonyl (C=O) groups is 1. The van der Waals surface area contributed by atoms with E-state index in [0.29, 0.717) is 5.92 Å². The number of nitrogens with zero attached hydrogens (tertiary/aromatic N) is 1. The molecule has 2 saturated carbocycles. The van der Waals surface area contributed by atoms with E-state index in [9.17, 15) is 13.6 Å². The van der Waals surface area contributed by atoms with Gasteiger partial charge in [-0.1, -0.05) is 0 Å². The first-order chi connectivity index (χ1) is 14.9. The third kappa shape index (κ3) is 3.83. The Labute approximate surface area is 193 Å². The van der Waals surface area contributed by atoms with Crippen molar-refractivity contribution >= 4 is 45.1 Å². The van der Waals surface area contributed by atoms with E-state index in [1.807, 2.05) is 6.07 Å². The molecule has 2 aliphatic carbocycles. The third-order valence-electron chi connectivity index (χ3n) is 7.33. The van der Waals surface area contributed by atoms with Crippen LogP contribution in [0.5, 0.6) is 0 Å². The minimum atomic E-state index is -0.394. The van der Waals surface area contributed by atoms with Crippen LogP contribution in [0.3, 0.4) is 0 Å². The number of amides is 1. The van der Waals surface area contributed by atoms with Crippen LogP contribution in [-0.2, 0) is 4.79 Å². The van der Waals surface area contributed by atoms with Crippen LogP contribution in [-0.4, -0.2) is 10.9 Å². The molecule has 3 nitrogen and oxygen atoms in total. The highest BCUT2D eigenvalue weighted by Gasteiger charge is 2.51. The number of carbonyl (C=O) groups excluding carboxylic acids is 1. The molecule has 1 heterocycles. The Balaban J connectivity index is 1.30. The first-order valence-corrected chi connectivity index (χ1v) is 11.8. The van der Waals surface area contributed by atoms with Crippen molar-refractivity contribution < 1.29 is 13.6 Å². The topological polar surface area (TPSA) is 42.0 Å². The lowest BCUT2D eigenvalue weighted by Gasteiger charge is -2.52. The van der Waals surface area contributed by atoms with Crippen LogP contribution in [0.25, 0.3) is 10.9 Å². The van der Waals surface area contributed by atoms with Crippen LogP contribution >= 0.6 is 22.6 Å². The largest absolute Gasteiger partial charge is 0.323 e. The molecule has 0 aliphatic heterocycles. The van der Waals surface area contributed by atoms with Gasteiger partial charge in [0.2, 0.25) is 5.91 Å². The second-order valence-electron chi connectivity index (χ2n) is 8.90. The fraction of sp³-hybridized carbons (Fsp3) is 0.360. The number of anilines is 1. The van der Waals surface area contributed by atoms with Gasteiger partial charge in [-0.15, -0.1) is 0 Å². The molecular formula is C25H23F2IN2O. The quantitative estimate of drug-likeness (QED) is 0.377. The normalized spacial score (nSPS) is 25.4. The number of nitrogens with one attached hydrogen (secondary N) is 1. The molecule has 2 aromatic carbocycles. The van der Waals surface area contributed by atoms with Crippen LogP contribution in [0.2, 0.25) is 0 Å². The Hall–Kier alpha value is -2.09. The first-order valence-electron chi connectivity index (χ1n) is 10.8. The van der Waals surface area contributed by atoms with Crippen LogP contribution in [0.1, 0.15) is 50.0 Å². The molecule has 0 bridgehead atoms. The van der Waals surface area contributed by atoms with Crippen molar-refractivity contribution in [2.75, 3.05) is 5.32 Å². The Morgan fingerprint density at radius 2 is 1.81 bits per heavy atom. The Bertz CT molecular complexity index is 1160. The summed E-state index contributed by atoms with van der Waals surface area (Å²) < 4.78 is 28.8. The second-order valence-corrected chi connectivity index (χ2v) is 10.1. The molecule has 1 aromatic heterocycles. The summed E-state index contributed by atoms with van der Waals surface area (Å²) in [6.45, 7) is 0. The number of fused-ring (bicyclic) bond motifs is 1. The zero-order chi connectivity index (χ0) is 21.6. The highest BCUT2D eigenvalue weighted by molar-refractivity contribution is 14.1. The van der Waals surface area contributed by atoms with Gasteiger partial charge < -0.3 is 5.32 Å². The molecule has 6 heteroatoms. The number of hydrogen-bond acceptors (Lipinski definition) is 2. The summed E-state index contributed by atoms with van der Waals surface area (Å²) >= 11 is 2.05. The van der Waals surface area contributed by atoms with Crippen LogP contribution < -0.4 is 5.32 Å². The lowest BCUT2D eigenvalue weighted by molar-refractivity contribution is -0.133. The van der Waals surface area contributed by atoms with Crippen molar-refractivity contribution in [3.05, 3.63) is 69.4 Å². The van der Waals surface area contributed by atoms with E-state index in [-0.39, 0.29) is 28.7 Å². The standard InChI is InChI=1S/C25H23F2IN2O/c26-16-1-3-22-19(13-16)18(8-12-29-22)15-5-9-25(10-6-15)11-7-20(25)24(31)30-23-4-2-17(28)14-21(23)27/h1-4,8,12-15,20H,5-7,9-11H2,(H,30,31)/t15-,20-,25+/m1/s1. The van der Waals surface area contributed by atoms with Crippen molar-refractivity contribution in [1.82, 2.24) is 4.98 Å². The fourth-order valence-corrected chi connectivity index (χ4v) is 5.97. The van der Waals surface area contributed by atoms with Gasteiger partial charge in [0.1, 0.15) is 11.6 Å². The van der Waals surface area contributed by atoms with Crippen LogP contribution in [0, 0.1) is 26.5 Å². The maximum absolute atomic E-state index is 14.2. The molecule has 1 atom stereocenters. The predicted octanol–water partition coefficient (Wildman–Crippen LogP) is 6.81. The average Bonchev–Trinajstić information content (AvgIpc) is 2.74. The molecule has 2 aliphatic rings. The van der Waals surface area contributed by atoms with E-state index in [2.05, 4.69) is 32.9 Å². The van der Waals surface area contributed by atoms with E-state index >= 15 is 0 Å². The lowest BCUT2D eigenvalue weighted by atomic mass is 9.52. The van der Waals surface area contributed by atoms with Crippen molar-refractivity contribution in [2.24, 2.45) is 11.3 Å². The van der Waals surface area contributed by atoms with Crippen LogP contribution in [0.4, 0.5) is 14.5 Å². The van der Waals surface area contributed by atoms with Crippen molar-refractivity contribution in [1.29, 1.82) is 0 Å². The Kier molecular flexibility index (Phi) is 5.44. The summed E-state index contributed by atoms with van der Waals surface area (Å²) in [7, 11) is 0. The van der Waals surface area contributed by atoms with Gasteiger partial charge in [-0.25, -0.2) is 8.78 Å². The SMILES string of the molecule is O=C(Nc1ccc(I)cc1F)[C@H]1CC[C@]12CC[C@H](c1ccnc3ccc(F)cc31)CC2. The number of hydrogen-bond donors (Lipinski definition) is 1. The maximum atomic E-state index is 14.2. The molecule has 2 fully saturated rings. The van der Waals surface area contributed by atoms with Gasteiger partial charge in [0.25, 0.3) is 0 Å². The zero-order valence-electron chi connectivity index (χ0n) is 17.0. The van der Waals surface area contributed by atoms with E-state index in [4.69, 9.17) is 0 Å². The second kappa shape index (κ2) is 8.11. The minimum absolute atomic E-state index is 0.00828. The monoisotopic (exact) mass is 532 g/mol. The number of aromatic nitrogens is 1. The molecule has 1 N–H and O–H groups in total. The van der Waals surface area contributed by atoms with Gasteiger partial charge in [-0.2, -0.15) is 0 Å². The summed E-state index contributed by atoms with van der Waals surface area (Å²) in [5.74, 6) is -0.433. The van der Waals surface area contributed by atoms with Gasteiger partial charge in [0, 0.05) is 21.1 Å². The molecule has 5 rings (SSSR count). The Morgan fingerprint density at radius 3 is 2.52 bits per heavy atom.